The molecule has 0 saturated heterocycles. The van der Waals surface area contributed by atoms with Gasteiger partial charge in [0, 0.05) is 5.75 Å². The molecule has 0 spiro atoms. The monoisotopic (exact) mass is 169 g/mol. The van der Waals surface area contributed by atoms with Crippen molar-refractivity contribution < 1.29 is 0 Å². The maximum absolute atomic E-state index is 4.14. The molecule has 0 saturated carbocycles. The predicted molar refractivity (Wildman–Crippen MR) is 46.7 cm³/mol. The van der Waals surface area contributed by atoms with Gasteiger partial charge in [0.05, 0.1) is 0 Å². The number of H-pyrrole nitrogens is 1. The minimum Gasteiger partial charge on any atom is -0.262 e. The molecular weight excluding hydrogens is 158 g/mol. The Morgan fingerprint density at radius 1 is 1.73 bits per heavy atom. The summed E-state index contributed by atoms with van der Waals surface area (Å²) in [4.78, 5) is 4.14. The molecule has 60 valence electrons. The molecule has 0 aliphatic heterocycles. The topological polar surface area (TPSA) is 41.6 Å². The van der Waals surface area contributed by atoms with Crippen molar-refractivity contribution in [1.29, 1.82) is 0 Å². The number of hydrogen-bond donors (Lipinski definition) is 1. The van der Waals surface area contributed by atoms with Crippen molar-refractivity contribution in [2.45, 2.75) is 18.5 Å². The van der Waals surface area contributed by atoms with Gasteiger partial charge in [-0.3, -0.25) is 5.10 Å². The van der Waals surface area contributed by atoms with E-state index < -0.39 is 0 Å². The van der Waals surface area contributed by atoms with Crippen LogP contribution in [-0.4, -0.2) is 20.9 Å². The van der Waals surface area contributed by atoms with Gasteiger partial charge in [-0.15, -0.1) is 11.7 Å². The fraction of sp³-hybridized carbons (Fsp3) is 0.429. The van der Waals surface area contributed by atoms with E-state index in [4.69, 9.17) is 0 Å². The van der Waals surface area contributed by atoms with Crippen molar-refractivity contribution in [3.63, 3.8) is 0 Å². The highest BCUT2D eigenvalue weighted by atomic mass is 32.2. The van der Waals surface area contributed by atoms with Gasteiger partial charge in [-0.25, -0.2) is 4.98 Å². The molecule has 0 fully saturated rings. The summed E-state index contributed by atoms with van der Waals surface area (Å²) in [5.74, 6) is 1.87. The first kappa shape index (κ1) is 8.33. The van der Waals surface area contributed by atoms with Gasteiger partial charge in [0.15, 0.2) is 0 Å². The third kappa shape index (κ3) is 2.76. The first-order chi connectivity index (χ1) is 5.33. The Labute approximate surface area is 70.3 Å². The first-order valence-electron chi connectivity index (χ1n) is 3.45. The average molecular weight is 169 g/mol. The summed E-state index contributed by atoms with van der Waals surface area (Å²) in [6.45, 7) is 5.53. The summed E-state index contributed by atoms with van der Waals surface area (Å²) in [6.07, 6.45) is 2.89. The molecule has 0 bridgehead atoms. The molecule has 1 aromatic heterocycles. The van der Waals surface area contributed by atoms with Crippen molar-refractivity contribution in [3.05, 3.63) is 18.5 Å². The standard InChI is InChI=1S/C7H11N3S/c1-3-4-5-11-7-8-6(2)9-10-7/h3H,1,4-5H2,2H3,(H,8,9,10). The normalized spacial score (nSPS) is 9.91. The van der Waals surface area contributed by atoms with E-state index in [-0.39, 0.29) is 0 Å². The van der Waals surface area contributed by atoms with Gasteiger partial charge in [0.2, 0.25) is 5.16 Å². The molecule has 1 N–H and O–H groups in total. The average Bonchev–Trinajstić information content (AvgIpc) is 2.37. The Kier molecular flexibility index (Phi) is 3.16. The van der Waals surface area contributed by atoms with E-state index in [0.29, 0.717) is 0 Å². The van der Waals surface area contributed by atoms with Crippen molar-refractivity contribution >= 4 is 11.8 Å². The second kappa shape index (κ2) is 4.18. The zero-order valence-electron chi connectivity index (χ0n) is 6.50. The molecule has 0 atom stereocenters. The first-order valence-corrected chi connectivity index (χ1v) is 4.44. The highest BCUT2D eigenvalue weighted by Crippen LogP contribution is 2.12. The Hall–Kier alpha value is -0.770. The smallest absolute Gasteiger partial charge is 0.208 e. The number of aromatic nitrogens is 3. The maximum Gasteiger partial charge on any atom is 0.208 e. The van der Waals surface area contributed by atoms with Gasteiger partial charge in [-0.2, -0.15) is 0 Å². The van der Waals surface area contributed by atoms with Crippen LogP contribution in [0.25, 0.3) is 0 Å². The lowest BCUT2D eigenvalue weighted by Crippen LogP contribution is -1.78. The molecule has 0 aliphatic rings. The van der Waals surface area contributed by atoms with Gasteiger partial charge in [-0.05, 0) is 13.3 Å². The van der Waals surface area contributed by atoms with Crippen molar-refractivity contribution in [1.82, 2.24) is 15.2 Å². The Morgan fingerprint density at radius 2 is 2.55 bits per heavy atom. The van der Waals surface area contributed by atoms with E-state index in [1.165, 1.54) is 0 Å². The van der Waals surface area contributed by atoms with Crippen LogP contribution >= 0.6 is 11.8 Å². The molecule has 1 heterocycles. The van der Waals surface area contributed by atoms with E-state index >= 15 is 0 Å². The third-order valence-corrected chi connectivity index (χ3v) is 2.01. The predicted octanol–water partition coefficient (Wildman–Crippen LogP) is 1.78. The quantitative estimate of drug-likeness (QED) is 0.424. The third-order valence-electron chi connectivity index (χ3n) is 1.13. The Bertz CT molecular complexity index is 231. The molecule has 0 amide bonds. The fourth-order valence-corrected chi connectivity index (χ4v) is 1.40. The Balaban J connectivity index is 2.32. The van der Waals surface area contributed by atoms with E-state index in [1.54, 1.807) is 11.8 Å². The summed E-state index contributed by atoms with van der Waals surface area (Å²) in [5.41, 5.74) is 0. The SMILES string of the molecule is C=CCCSc1n[nH]c(C)n1. The lowest BCUT2D eigenvalue weighted by molar-refractivity contribution is 0.968. The molecule has 1 rings (SSSR count). The molecule has 0 radical (unpaired) electrons. The van der Waals surface area contributed by atoms with Gasteiger partial charge in [0.1, 0.15) is 5.82 Å². The number of hydrogen-bond acceptors (Lipinski definition) is 3. The van der Waals surface area contributed by atoms with Gasteiger partial charge in [0.25, 0.3) is 0 Å². The molecule has 0 unspecified atom stereocenters. The van der Waals surface area contributed by atoms with Crippen LogP contribution in [0.1, 0.15) is 12.2 Å². The fourth-order valence-electron chi connectivity index (χ4n) is 0.620. The van der Waals surface area contributed by atoms with Gasteiger partial charge >= 0.3 is 0 Å². The van der Waals surface area contributed by atoms with E-state index in [2.05, 4.69) is 21.8 Å². The second-order valence-electron chi connectivity index (χ2n) is 2.13. The summed E-state index contributed by atoms with van der Waals surface area (Å²) >= 11 is 1.64. The Morgan fingerprint density at radius 3 is 3.09 bits per heavy atom. The van der Waals surface area contributed by atoms with Crippen LogP contribution in [-0.2, 0) is 0 Å². The number of nitrogens with one attached hydrogen (secondary N) is 1. The molecule has 1 aromatic rings. The molecule has 11 heavy (non-hydrogen) atoms. The minimum absolute atomic E-state index is 0.823. The van der Waals surface area contributed by atoms with Gasteiger partial charge in [-0.1, -0.05) is 17.8 Å². The van der Waals surface area contributed by atoms with Crippen molar-refractivity contribution in [2.75, 3.05) is 5.75 Å². The zero-order chi connectivity index (χ0) is 8.10. The van der Waals surface area contributed by atoms with Crippen molar-refractivity contribution in [3.8, 4) is 0 Å². The van der Waals surface area contributed by atoms with Crippen LogP contribution in [0.2, 0.25) is 0 Å². The van der Waals surface area contributed by atoms with Crippen LogP contribution in [0.3, 0.4) is 0 Å². The summed E-state index contributed by atoms with van der Waals surface area (Å²) in [5, 5.41) is 7.59. The van der Waals surface area contributed by atoms with Gasteiger partial charge < -0.3 is 0 Å². The summed E-state index contributed by atoms with van der Waals surface area (Å²) in [7, 11) is 0. The zero-order valence-corrected chi connectivity index (χ0v) is 7.32. The molecular formula is C7H11N3S. The lowest BCUT2D eigenvalue weighted by atomic mass is 10.5. The van der Waals surface area contributed by atoms with Crippen LogP contribution in [0, 0.1) is 6.92 Å². The number of aromatic amines is 1. The highest BCUT2D eigenvalue weighted by molar-refractivity contribution is 7.99. The molecule has 4 heteroatoms. The van der Waals surface area contributed by atoms with E-state index in [1.807, 2.05) is 13.0 Å². The van der Waals surface area contributed by atoms with Crippen LogP contribution in [0.5, 0.6) is 0 Å². The van der Waals surface area contributed by atoms with Crippen LogP contribution < -0.4 is 0 Å². The number of nitrogens with zero attached hydrogens (tertiary/aromatic N) is 2. The highest BCUT2D eigenvalue weighted by Gasteiger charge is 1.97. The summed E-state index contributed by atoms with van der Waals surface area (Å²) in [6, 6.07) is 0. The number of rotatable bonds is 4. The maximum atomic E-state index is 4.14. The van der Waals surface area contributed by atoms with E-state index in [0.717, 1.165) is 23.2 Å². The van der Waals surface area contributed by atoms with Crippen molar-refractivity contribution in [2.24, 2.45) is 0 Å². The van der Waals surface area contributed by atoms with Crippen LogP contribution in [0.4, 0.5) is 0 Å². The molecule has 0 aromatic carbocycles. The number of thioether (sulfide) groups is 1. The number of allylic oxidation sites excluding steroid dienone is 1. The lowest BCUT2D eigenvalue weighted by Gasteiger charge is -1.89. The molecule has 3 nitrogen and oxygen atoms in total. The van der Waals surface area contributed by atoms with Crippen LogP contribution in [0.15, 0.2) is 17.8 Å². The number of aryl methyl sites for hydroxylation is 1. The minimum atomic E-state index is 0.823. The largest absolute Gasteiger partial charge is 0.262 e. The van der Waals surface area contributed by atoms with E-state index in [9.17, 15) is 0 Å². The molecule has 0 aliphatic carbocycles. The second-order valence-corrected chi connectivity index (χ2v) is 3.19. The summed E-state index contributed by atoms with van der Waals surface area (Å²) < 4.78 is 0.